The van der Waals surface area contributed by atoms with Gasteiger partial charge in [0.2, 0.25) is 0 Å². The van der Waals surface area contributed by atoms with E-state index >= 15 is 0 Å². The third-order valence-corrected chi connectivity index (χ3v) is 1.78. The average molecular weight is 128 g/mol. The SMILES string of the molecule is CC(CN(C)C)C1CN1. The van der Waals surface area contributed by atoms with E-state index in [-0.39, 0.29) is 0 Å². The third-order valence-electron chi connectivity index (χ3n) is 1.78. The lowest BCUT2D eigenvalue weighted by Gasteiger charge is -2.14. The minimum Gasteiger partial charge on any atom is -0.311 e. The van der Waals surface area contributed by atoms with Gasteiger partial charge in [-0.25, -0.2) is 0 Å². The maximum absolute atomic E-state index is 3.31. The Balaban J connectivity index is 2.10. The second-order valence-electron chi connectivity index (χ2n) is 3.25. The zero-order valence-electron chi connectivity index (χ0n) is 6.52. The maximum Gasteiger partial charge on any atom is 0.0231 e. The lowest BCUT2D eigenvalue weighted by atomic mass is 10.1. The Morgan fingerprint density at radius 1 is 1.67 bits per heavy atom. The molecule has 54 valence electrons. The van der Waals surface area contributed by atoms with Gasteiger partial charge < -0.3 is 10.2 Å². The molecule has 0 amide bonds. The molecule has 2 atom stereocenters. The molecule has 2 unspecified atom stereocenters. The van der Waals surface area contributed by atoms with E-state index in [1.54, 1.807) is 0 Å². The largest absolute Gasteiger partial charge is 0.311 e. The van der Waals surface area contributed by atoms with Crippen LogP contribution in [-0.4, -0.2) is 38.1 Å². The molecule has 0 aromatic carbocycles. The van der Waals surface area contributed by atoms with Crippen LogP contribution in [0.1, 0.15) is 6.92 Å². The number of hydrogen-bond acceptors (Lipinski definition) is 2. The Kier molecular flexibility index (Phi) is 2.09. The fraction of sp³-hybridized carbons (Fsp3) is 1.00. The molecule has 0 aromatic rings. The van der Waals surface area contributed by atoms with Crippen LogP contribution in [0.4, 0.5) is 0 Å². The predicted molar refractivity (Wildman–Crippen MR) is 39.5 cm³/mol. The van der Waals surface area contributed by atoms with Crippen molar-refractivity contribution < 1.29 is 0 Å². The van der Waals surface area contributed by atoms with Crippen molar-refractivity contribution in [3.63, 3.8) is 0 Å². The summed E-state index contributed by atoms with van der Waals surface area (Å²) in [5.74, 6) is 0.819. The second-order valence-corrected chi connectivity index (χ2v) is 3.25. The van der Waals surface area contributed by atoms with Crippen molar-refractivity contribution >= 4 is 0 Å². The smallest absolute Gasteiger partial charge is 0.0231 e. The van der Waals surface area contributed by atoms with Crippen molar-refractivity contribution in [1.29, 1.82) is 0 Å². The summed E-state index contributed by atoms with van der Waals surface area (Å²) in [5, 5.41) is 3.31. The van der Waals surface area contributed by atoms with Gasteiger partial charge in [-0.15, -0.1) is 0 Å². The van der Waals surface area contributed by atoms with E-state index in [1.165, 1.54) is 13.1 Å². The Morgan fingerprint density at radius 2 is 2.22 bits per heavy atom. The van der Waals surface area contributed by atoms with Crippen molar-refractivity contribution in [3.05, 3.63) is 0 Å². The summed E-state index contributed by atoms with van der Waals surface area (Å²) in [7, 11) is 4.25. The molecule has 0 bridgehead atoms. The summed E-state index contributed by atoms with van der Waals surface area (Å²) in [6.07, 6.45) is 0. The quantitative estimate of drug-likeness (QED) is 0.548. The molecule has 2 heteroatoms. The van der Waals surface area contributed by atoms with Crippen molar-refractivity contribution in [2.24, 2.45) is 5.92 Å². The highest BCUT2D eigenvalue weighted by Gasteiger charge is 2.26. The molecule has 0 spiro atoms. The van der Waals surface area contributed by atoms with E-state index in [4.69, 9.17) is 0 Å². The molecular weight excluding hydrogens is 112 g/mol. The molecule has 2 nitrogen and oxygen atoms in total. The number of rotatable bonds is 3. The molecule has 1 saturated heterocycles. The van der Waals surface area contributed by atoms with Gasteiger partial charge in [0.15, 0.2) is 0 Å². The molecule has 1 N–H and O–H groups in total. The van der Waals surface area contributed by atoms with Crippen molar-refractivity contribution in [2.45, 2.75) is 13.0 Å². The zero-order chi connectivity index (χ0) is 6.85. The van der Waals surface area contributed by atoms with E-state index in [2.05, 4.69) is 31.2 Å². The fourth-order valence-corrected chi connectivity index (χ4v) is 1.17. The van der Waals surface area contributed by atoms with Gasteiger partial charge in [-0.3, -0.25) is 0 Å². The highest BCUT2D eigenvalue weighted by Crippen LogP contribution is 2.11. The Labute approximate surface area is 57.2 Å². The van der Waals surface area contributed by atoms with Gasteiger partial charge >= 0.3 is 0 Å². The van der Waals surface area contributed by atoms with E-state index in [0.717, 1.165) is 12.0 Å². The van der Waals surface area contributed by atoms with Crippen molar-refractivity contribution in [2.75, 3.05) is 27.2 Å². The lowest BCUT2D eigenvalue weighted by molar-refractivity contribution is 0.336. The summed E-state index contributed by atoms with van der Waals surface area (Å²) in [6.45, 7) is 4.73. The molecule has 0 aliphatic carbocycles. The number of nitrogens with one attached hydrogen (secondary N) is 1. The Bertz CT molecular complexity index is 86.9. The van der Waals surface area contributed by atoms with Gasteiger partial charge in [0, 0.05) is 19.1 Å². The van der Waals surface area contributed by atoms with E-state index in [1.807, 2.05) is 0 Å². The Hall–Kier alpha value is -0.0800. The van der Waals surface area contributed by atoms with Gasteiger partial charge in [-0.2, -0.15) is 0 Å². The van der Waals surface area contributed by atoms with Crippen LogP contribution in [0.3, 0.4) is 0 Å². The molecule has 1 heterocycles. The van der Waals surface area contributed by atoms with Crippen molar-refractivity contribution in [1.82, 2.24) is 10.2 Å². The van der Waals surface area contributed by atoms with Gasteiger partial charge in [0.25, 0.3) is 0 Å². The second kappa shape index (κ2) is 2.67. The van der Waals surface area contributed by atoms with Gasteiger partial charge in [0.1, 0.15) is 0 Å². The molecule has 9 heavy (non-hydrogen) atoms. The normalized spacial score (nSPS) is 28.7. The van der Waals surface area contributed by atoms with Crippen LogP contribution >= 0.6 is 0 Å². The summed E-state index contributed by atoms with van der Waals surface area (Å²) in [4.78, 5) is 2.24. The molecule has 1 fully saturated rings. The first-order valence-corrected chi connectivity index (χ1v) is 3.58. The molecule has 1 aliphatic heterocycles. The molecule has 1 rings (SSSR count). The fourth-order valence-electron chi connectivity index (χ4n) is 1.17. The molecule has 0 aromatic heterocycles. The summed E-state index contributed by atoms with van der Waals surface area (Å²) in [6, 6.07) is 0.812. The van der Waals surface area contributed by atoms with Crippen molar-refractivity contribution in [3.8, 4) is 0 Å². The monoisotopic (exact) mass is 128 g/mol. The molecular formula is C7H16N2. The molecule has 1 aliphatic rings. The predicted octanol–water partition coefficient (Wildman–Crippen LogP) is 0.156. The maximum atomic E-state index is 3.31. The van der Waals surface area contributed by atoms with Crippen LogP contribution in [0.2, 0.25) is 0 Å². The third kappa shape index (κ3) is 2.33. The van der Waals surface area contributed by atoms with Crippen LogP contribution in [0.5, 0.6) is 0 Å². The first kappa shape index (κ1) is 7.03. The first-order chi connectivity index (χ1) is 4.20. The number of nitrogens with zero attached hydrogens (tertiary/aromatic N) is 1. The summed E-state index contributed by atoms with van der Waals surface area (Å²) < 4.78 is 0. The minimum absolute atomic E-state index is 0.812. The Morgan fingerprint density at radius 3 is 2.56 bits per heavy atom. The van der Waals surface area contributed by atoms with E-state index in [0.29, 0.717) is 0 Å². The van der Waals surface area contributed by atoms with Gasteiger partial charge in [-0.1, -0.05) is 6.92 Å². The van der Waals surface area contributed by atoms with Crippen LogP contribution in [-0.2, 0) is 0 Å². The molecule has 0 radical (unpaired) electrons. The lowest BCUT2D eigenvalue weighted by Crippen LogP contribution is -2.23. The van der Waals surface area contributed by atoms with Crippen LogP contribution in [0, 0.1) is 5.92 Å². The summed E-state index contributed by atoms with van der Waals surface area (Å²) in [5.41, 5.74) is 0. The molecule has 0 saturated carbocycles. The van der Waals surface area contributed by atoms with Crippen LogP contribution < -0.4 is 5.32 Å². The first-order valence-electron chi connectivity index (χ1n) is 3.58. The minimum atomic E-state index is 0.812. The van der Waals surface area contributed by atoms with E-state index < -0.39 is 0 Å². The standard InChI is InChI=1S/C7H16N2/c1-6(5-9(2)3)7-4-8-7/h6-8H,4-5H2,1-3H3. The van der Waals surface area contributed by atoms with Gasteiger partial charge in [0.05, 0.1) is 0 Å². The number of hydrogen-bond donors (Lipinski definition) is 1. The highest BCUT2D eigenvalue weighted by atomic mass is 15.1. The topological polar surface area (TPSA) is 25.2 Å². The summed E-state index contributed by atoms with van der Waals surface area (Å²) >= 11 is 0. The zero-order valence-corrected chi connectivity index (χ0v) is 6.52. The van der Waals surface area contributed by atoms with Crippen LogP contribution in [0.15, 0.2) is 0 Å². The van der Waals surface area contributed by atoms with Crippen LogP contribution in [0.25, 0.3) is 0 Å². The highest BCUT2D eigenvalue weighted by molar-refractivity contribution is 4.88. The van der Waals surface area contributed by atoms with Gasteiger partial charge in [-0.05, 0) is 20.0 Å². The average Bonchev–Trinajstić information content (AvgIpc) is 2.40. The van der Waals surface area contributed by atoms with E-state index in [9.17, 15) is 0 Å².